The van der Waals surface area contributed by atoms with Gasteiger partial charge in [-0.05, 0) is 43.2 Å². The fraction of sp³-hybridized carbons (Fsp3) is 0.261. The maximum absolute atomic E-state index is 12.9. The first kappa shape index (κ1) is 18.9. The summed E-state index contributed by atoms with van der Waals surface area (Å²) in [5.74, 6) is 1.03. The number of amides is 1. The third kappa shape index (κ3) is 3.66. The molecule has 6 heteroatoms. The third-order valence-corrected chi connectivity index (χ3v) is 5.14. The maximum Gasteiger partial charge on any atom is 0.264 e. The van der Waals surface area contributed by atoms with Crippen LogP contribution in [0.2, 0.25) is 0 Å². The highest BCUT2D eigenvalue weighted by molar-refractivity contribution is 5.94. The number of anilines is 1. The Hall–Kier alpha value is -3.41. The molecule has 4 rings (SSSR count). The number of nitrogens with one attached hydrogen (secondary N) is 1. The molecule has 0 radical (unpaired) electrons. The Bertz CT molecular complexity index is 1190. The van der Waals surface area contributed by atoms with Gasteiger partial charge in [0.05, 0.1) is 0 Å². The molecule has 2 aromatic heterocycles. The van der Waals surface area contributed by atoms with E-state index in [1.54, 1.807) is 0 Å². The zero-order chi connectivity index (χ0) is 20.5. The molecule has 0 spiro atoms. The van der Waals surface area contributed by atoms with Gasteiger partial charge in [0.15, 0.2) is 0 Å². The van der Waals surface area contributed by atoms with Gasteiger partial charge in [-0.3, -0.25) is 4.79 Å². The van der Waals surface area contributed by atoms with Crippen molar-refractivity contribution in [1.29, 1.82) is 0 Å². The van der Waals surface area contributed by atoms with E-state index in [4.69, 9.17) is 4.42 Å². The average Bonchev–Trinajstić information content (AvgIpc) is 3.31. The van der Waals surface area contributed by atoms with Crippen LogP contribution in [0, 0.1) is 13.8 Å². The van der Waals surface area contributed by atoms with Crippen LogP contribution in [-0.4, -0.2) is 20.7 Å². The minimum atomic E-state index is -0.107. The van der Waals surface area contributed by atoms with Crippen molar-refractivity contribution < 1.29 is 9.21 Å². The Morgan fingerprint density at radius 2 is 1.90 bits per heavy atom. The summed E-state index contributed by atoms with van der Waals surface area (Å²) in [6.45, 7) is 8.20. The molecule has 0 fully saturated rings. The minimum Gasteiger partial charge on any atom is -0.419 e. The predicted octanol–water partition coefficient (Wildman–Crippen LogP) is 5.07. The Kier molecular flexibility index (Phi) is 4.92. The van der Waals surface area contributed by atoms with Crippen LogP contribution in [0.5, 0.6) is 0 Å². The molecule has 0 bridgehead atoms. The third-order valence-electron chi connectivity index (χ3n) is 5.14. The van der Waals surface area contributed by atoms with Crippen molar-refractivity contribution in [2.45, 2.75) is 40.2 Å². The van der Waals surface area contributed by atoms with E-state index in [0.29, 0.717) is 11.8 Å². The van der Waals surface area contributed by atoms with Crippen LogP contribution in [0.3, 0.4) is 0 Å². The molecular formula is C23H24N4O2. The molecule has 1 N–H and O–H groups in total. The van der Waals surface area contributed by atoms with Gasteiger partial charge in [-0.15, -0.1) is 10.2 Å². The van der Waals surface area contributed by atoms with E-state index in [2.05, 4.69) is 15.5 Å². The zero-order valence-electron chi connectivity index (χ0n) is 17.1. The largest absolute Gasteiger partial charge is 0.419 e. The molecule has 0 aliphatic carbocycles. The first-order valence-corrected chi connectivity index (χ1v) is 9.72. The van der Waals surface area contributed by atoms with Crippen LogP contribution >= 0.6 is 0 Å². The van der Waals surface area contributed by atoms with Crippen molar-refractivity contribution in [3.05, 3.63) is 65.5 Å². The number of nitrogens with zero attached hydrogens (tertiary/aromatic N) is 3. The maximum atomic E-state index is 12.9. The minimum absolute atomic E-state index is 0.107. The van der Waals surface area contributed by atoms with Crippen molar-refractivity contribution in [2.24, 2.45) is 0 Å². The van der Waals surface area contributed by atoms with Crippen LogP contribution in [0.25, 0.3) is 22.5 Å². The zero-order valence-corrected chi connectivity index (χ0v) is 17.1. The second-order valence-corrected chi connectivity index (χ2v) is 7.57. The molecule has 0 saturated heterocycles. The van der Waals surface area contributed by atoms with Gasteiger partial charge in [0.1, 0.15) is 12.2 Å². The van der Waals surface area contributed by atoms with Gasteiger partial charge >= 0.3 is 0 Å². The highest BCUT2D eigenvalue weighted by Crippen LogP contribution is 2.29. The smallest absolute Gasteiger partial charge is 0.264 e. The van der Waals surface area contributed by atoms with Crippen molar-refractivity contribution in [1.82, 2.24) is 14.8 Å². The normalized spacial score (nSPS) is 11.3. The highest BCUT2D eigenvalue weighted by atomic mass is 16.4. The molecular weight excluding hydrogens is 364 g/mol. The van der Waals surface area contributed by atoms with Crippen LogP contribution in [0.15, 0.2) is 52.9 Å². The average molecular weight is 388 g/mol. The summed E-state index contributed by atoms with van der Waals surface area (Å²) in [6.07, 6.45) is 0. The van der Waals surface area contributed by atoms with E-state index in [1.807, 2.05) is 80.8 Å². The summed E-state index contributed by atoms with van der Waals surface area (Å²) in [6, 6.07) is 15.8. The van der Waals surface area contributed by atoms with Gasteiger partial charge in [-0.2, -0.15) is 0 Å². The van der Waals surface area contributed by atoms with Crippen LogP contribution < -0.4 is 5.32 Å². The number of aromatic nitrogens is 3. The van der Waals surface area contributed by atoms with Crippen molar-refractivity contribution >= 4 is 22.5 Å². The summed E-state index contributed by atoms with van der Waals surface area (Å²) in [7, 11) is 0. The van der Waals surface area contributed by atoms with Gasteiger partial charge in [-0.1, -0.05) is 44.2 Å². The highest BCUT2D eigenvalue weighted by Gasteiger charge is 2.19. The van der Waals surface area contributed by atoms with Gasteiger partial charge in [0.2, 0.25) is 11.8 Å². The van der Waals surface area contributed by atoms with Gasteiger partial charge < -0.3 is 14.3 Å². The lowest BCUT2D eigenvalue weighted by Crippen LogP contribution is -2.20. The van der Waals surface area contributed by atoms with E-state index in [0.717, 1.165) is 33.4 Å². The molecule has 148 valence electrons. The standard InChI is InChI=1S/C23H24N4O2/c1-14(2)22-25-26-23(29-22)20-12-17-9-5-6-11-19(17)27(20)13-21(28)24-18-10-7-8-15(3)16(18)4/h5-12,14H,13H2,1-4H3,(H,24,28). The van der Waals surface area contributed by atoms with E-state index in [1.165, 1.54) is 0 Å². The fourth-order valence-corrected chi connectivity index (χ4v) is 3.35. The van der Waals surface area contributed by atoms with Crippen LogP contribution in [0.1, 0.15) is 36.8 Å². The number of aryl methyl sites for hydroxylation is 1. The topological polar surface area (TPSA) is 73.0 Å². The summed E-state index contributed by atoms with van der Waals surface area (Å²) in [5, 5.41) is 12.4. The lowest BCUT2D eigenvalue weighted by molar-refractivity contribution is -0.116. The number of hydrogen-bond acceptors (Lipinski definition) is 4. The van der Waals surface area contributed by atoms with E-state index >= 15 is 0 Å². The van der Waals surface area contributed by atoms with E-state index < -0.39 is 0 Å². The summed E-state index contributed by atoms with van der Waals surface area (Å²) in [5.41, 5.74) is 4.72. The second-order valence-electron chi connectivity index (χ2n) is 7.57. The fourth-order valence-electron chi connectivity index (χ4n) is 3.35. The molecule has 2 heterocycles. The molecule has 2 aromatic carbocycles. The predicted molar refractivity (Wildman–Crippen MR) is 114 cm³/mol. The Balaban J connectivity index is 1.70. The molecule has 0 saturated carbocycles. The lowest BCUT2D eigenvalue weighted by atomic mass is 10.1. The van der Waals surface area contributed by atoms with Gasteiger partial charge in [0.25, 0.3) is 5.89 Å². The van der Waals surface area contributed by atoms with E-state index in [9.17, 15) is 4.79 Å². The number of carbonyl (C=O) groups is 1. The summed E-state index contributed by atoms with van der Waals surface area (Å²) >= 11 is 0. The Labute approximate surface area is 169 Å². The molecule has 0 aliphatic rings. The number of hydrogen-bond donors (Lipinski definition) is 1. The van der Waals surface area contributed by atoms with E-state index in [-0.39, 0.29) is 18.4 Å². The summed E-state index contributed by atoms with van der Waals surface area (Å²) in [4.78, 5) is 12.9. The molecule has 0 unspecified atom stereocenters. The second kappa shape index (κ2) is 7.54. The molecule has 29 heavy (non-hydrogen) atoms. The van der Waals surface area contributed by atoms with Crippen LogP contribution in [-0.2, 0) is 11.3 Å². The molecule has 0 aliphatic heterocycles. The van der Waals surface area contributed by atoms with Gasteiger partial charge in [-0.25, -0.2) is 0 Å². The first-order valence-electron chi connectivity index (χ1n) is 9.72. The van der Waals surface area contributed by atoms with Crippen LogP contribution in [0.4, 0.5) is 5.69 Å². The number of fused-ring (bicyclic) bond motifs is 1. The molecule has 0 atom stereocenters. The molecule has 6 nitrogen and oxygen atoms in total. The summed E-state index contributed by atoms with van der Waals surface area (Å²) < 4.78 is 7.79. The monoisotopic (exact) mass is 388 g/mol. The number of rotatable bonds is 5. The molecule has 1 amide bonds. The Morgan fingerprint density at radius 1 is 1.10 bits per heavy atom. The quantitative estimate of drug-likeness (QED) is 0.518. The van der Waals surface area contributed by atoms with Crippen molar-refractivity contribution in [2.75, 3.05) is 5.32 Å². The van der Waals surface area contributed by atoms with Gasteiger partial charge in [0, 0.05) is 22.5 Å². The number of para-hydroxylation sites is 1. The Morgan fingerprint density at radius 3 is 2.66 bits per heavy atom. The lowest BCUT2D eigenvalue weighted by Gasteiger charge is -2.12. The number of carbonyl (C=O) groups excluding carboxylic acids is 1. The number of benzene rings is 2. The molecule has 4 aromatic rings. The first-order chi connectivity index (χ1) is 13.9. The van der Waals surface area contributed by atoms with Crippen molar-refractivity contribution in [3.8, 4) is 11.6 Å². The SMILES string of the molecule is Cc1cccc(NC(=O)Cn2c(-c3nnc(C(C)C)o3)cc3ccccc32)c1C. The van der Waals surface area contributed by atoms with Crippen molar-refractivity contribution in [3.63, 3.8) is 0 Å².